The first-order chi connectivity index (χ1) is 14.4. The van der Waals surface area contributed by atoms with Crippen LogP contribution in [0.5, 0.6) is 0 Å². The molecule has 4 bridgehead atoms. The van der Waals surface area contributed by atoms with Crippen molar-refractivity contribution in [3.05, 3.63) is 29.2 Å². The number of carbonyl (C=O) groups excluding carboxylic acids is 1. The van der Waals surface area contributed by atoms with Gasteiger partial charge in [-0.05, 0) is 69.3 Å². The Morgan fingerprint density at radius 2 is 1.61 bits per heavy atom. The van der Waals surface area contributed by atoms with Crippen LogP contribution in [0.15, 0.2) is 12.1 Å². The Morgan fingerprint density at radius 1 is 1.06 bits per heavy atom. The Morgan fingerprint density at radius 3 is 2.13 bits per heavy atom. The van der Waals surface area contributed by atoms with Crippen LogP contribution in [0.3, 0.4) is 0 Å². The molecule has 4 aliphatic rings. The number of rotatable bonds is 3. The molecule has 4 aliphatic carbocycles. The average molecular weight is 442 g/mol. The molecule has 0 aromatic carbocycles. The van der Waals surface area contributed by atoms with Crippen molar-refractivity contribution in [3.63, 3.8) is 0 Å². The van der Waals surface area contributed by atoms with Crippen LogP contribution in [-0.2, 0) is 5.92 Å². The lowest BCUT2D eigenvalue weighted by molar-refractivity contribution is -0.291. The van der Waals surface area contributed by atoms with Crippen molar-refractivity contribution >= 4 is 11.6 Å². The molecule has 6 rings (SSSR count). The largest absolute Gasteiger partial charge is 0.459 e. The maximum atomic E-state index is 14.1. The molecule has 0 unspecified atom stereocenters. The second kappa shape index (κ2) is 6.38. The average Bonchev–Trinajstić information content (AvgIpc) is 3.07. The van der Waals surface area contributed by atoms with Gasteiger partial charge in [-0.3, -0.25) is 4.79 Å². The van der Waals surface area contributed by atoms with Gasteiger partial charge in [-0.25, -0.2) is 9.50 Å². The summed E-state index contributed by atoms with van der Waals surface area (Å²) in [5.74, 6) is -3.83. The van der Waals surface area contributed by atoms with Crippen LogP contribution in [0, 0.1) is 24.7 Å². The number of aromatic nitrogens is 3. The van der Waals surface area contributed by atoms with Crippen LogP contribution in [0.2, 0.25) is 0 Å². The quantitative estimate of drug-likeness (QED) is 0.646. The fourth-order valence-corrected chi connectivity index (χ4v) is 6.44. The van der Waals surface area contributed by atoms with E-state index in [2.05, 4.69) is 10.1 Å². The fourth-order valence-electron chi connectivity index (χ4n) is 6.44. The number of hydrogen-bond donors (Lipinski definition) is 0. The van der Waals surface area contributed by atoms with Gasteiger partial charge < -0.3 is 4.90 Å². The molecule has 0 spiro atoms. The van der Waals surface area contributed by atoms with Gasteiger partial charge in [0.1, 0.15) is 5.69 Å². The predicted octanol–water partition coefficient (Wildman–Crippen LogP) is 4.73. The van der Waals surface area contributed by atoms with Crippen LogP contribution >= 0.6 is 0 Å². The highest BCUT2D eigenvalue weighted by atomic mass is 19.4. The fraction of sp³-hybridized carbons (Fsp3) is 0.667. The highest BCUT2D eigenvalue weighted by molar-refractivity contribution is 5.93. The second-order valence-corrected chi connectivity index (χ2v) is 9.66. The number of carbonyl (C=O) groups is 1. The minimum absolute atomic E-state index is 0.0141. The van der Waals surface area contributed by atoms with E-state index in [1.54, 1.807) is 11.9 Å². The minimum atomic E-state index is -5.79. The third kappa shape index (κ3) is 3.04. The number of hydrogen-bond acceptors (Lipinski definition) is 3. The van der Waals surface area contributed by atoms with E-state index in [1.165, 1.54) is 32.3 Å². The van der Waals surface area contributed by atoms with Gasteiger partial charge in [0.15, 0.2) is 11.3 Å². The summed E-state index contributed by atoms with van der Waals surface area (Å²) in [6.45, 7) is 1.33. The highest BCUT2D eigenvalue weighted by Gasteiger charge is 2.60. The Labute approximate surface area is 175 Å². The summed E-state index contributed by atoms with van der Waals surface area (Å²) in [6.07, 6.45) is 0.494. The lowest BCUT2D eigenvalue weighted by atomic mass is 9.52. The smallest absolute Gasteiger partial charge is 0.335 e. The van der Waals surface area contributed by atoms with Gasteiger partial charge in [0.25, 0.3) is 5.91 Å². The molecule has 0 aliphatic heterocycles. The zero-order valence-corrected chi connectivity index (χ0v) is 17.2. The number of nitrogens with zero attached hydrogens (tertiary/aromatic N) is 4. The highest BCUT2D eigenvalue weighted by Crippen LogP contribution is 2.57. The molecule has 0 atom stereocenters. The van der Waals surface area contributed by atoms with Gasteiger partial charge in [-0.1, -0.05) is 0 Å². The molecule has 0 saturated heterocycles. The minimum Gasteiger partial charge on any atom is -0.335 e. The number of fused-ring (bicyclic) bond motifs is 1. The van der Waals surface area contributed by atoms with E-state index in [1.807, 2.05) is 0 Å². The molecule has 5 nitrogen and oxygen atoms in total. The van der Waals surface area contributed by atoms with Crippen molar-refractivity contribution in [1.82, 2.24) is 19.5 Å². The third-order valence-electron chi connectivity index (χ3n) is 7.47. The van der Waals surface area contributed by atoms with Gasteiger partial charge in [-0.2, -0.15) is 27.1 Å². The van der Waals surface area contributed by atoms with Crippen LogP contribution in [0.25, 0.3) is 5.65 Å². The molecule has 2 heterocycles. The molecule has 168 valence electrons. The zero-order valence-electron chi connectivity index (χ0n) is 17.2. The summed E-state index contributed by atoms with van der Waals surface area (Å²) in [5, 5.41) is 3.87. The molecule has 4 saturated carbocycles. The first-order valence-corrected chi connectivity index (χ1v) is 10.5. The van der Waals surface area contributed by atoms with Gasteiger partial charge in [0, 0.05) is 24.3 Å². The molecule has 10 heteroatoms. The van der Waals surface area contributed by atoms with E-state index in [9.17, 15) is 26.7 Å². The van der Waals surface area contributed by atoms with Gasteiger partial charge in [0.2, 0.25) is 0 Å². The molecule has 0 N–H and O–H groups in total. The van der Waals surface area contributed by atoms with E-state index >= 15 is 0 Å². The van der Waals surface area contributed by atoms with Crippen LogP contribution < -0.4 is 0 Å². The van der Waals surface area contributed by atoms with E-state index in [0.29, 0.717) is 28.3 Å². The second-order valence-electron chi connectivity index (χ2n) is 9.66. The molecule has 2 aromatic rings. The predicted molar refractivity (Wildman–Crippen MR) is 101 cm³/mol. The summed E-state index contributed by atoms with van der Waals surface area (Å²) in [5.41, 5.74) is -2.03. The Hall–Kier alpha value is -2.26. The maximum Gasteiger partial charge on any atom is 0.459 e. The molecular formula is C21H23F5N4O. The Kier molecular flexibility index (Phi) is 4.25. The monoisotopic (exact) mass is 442 g/mol. The maximum absolute atomic E-state index is 14.1. The number of alkyl halides is 5. The lowest BCUT2D eigenvalue weighted by Crippen LogP contribution is -2.60. The van der Waals surface area contributed by atoms with Crippen molar-refractivity contribution in [3.8, 4) is 0 Å². The molecule has 0 radical (unpaired) electrons. The van der Waals surface area contributed by atoms with Crippen molar-refractivity contribution in [2.45, 2.75) is 63.1 Å². The van der Waals surface area contributed by atoms with Crippen LogP contribution in [0.1, 0.15) is 60.4 Å². The van der Waals surface area contributed by atoms with E-state index in [0.717, 1.165) is 19.3 Å². The standard InChI is InChI=1S/C21H23F5N4O/c1-11-3-16(20(22,23)21(24,25)26)30-17(27-11)7-15(28-30)18(31)29(2)19-8-12-4-13(9-19)6-14(5-12)10-19/h3,7,12-14H,4-6,8-10H2,1-2H3. The van der Waals surface area contributed by atoms with E-state index in [-0.39, 0.29) is 22.6 Å². The van der Waals surface area contributed by atoms with E-state index in [4.69, 9.17) is 0 Å². The van der Waals surface area contributed by atoms with Crippen LogP contribution in [0.4, 0.5) is 22.0 Å². The molecular weight excluding hydrogens is 419 g/mol. The first kappa shape index (κ1) is 20.6. The summed E-state index contributed by atoms with van der Waals surface area (Å²) < 4.78 is 67.7. The normalized spacial score (nSPS) is 30.2. The van der Waals surface area contributed by atoms with Crippen molar-refractivity contribution < 1.29 is 26.7 Å². The lowest BCUT2D eigenvalue weighted by Gasteiger charge is -2.59. The van der Waals surface area contributed by atoms with Crippen LogP contribution in [-0.4, -0.2) is 44.2 Å². The molecule has 4 fully saturated rings. The van der Waals surface area contributed by atoms with Gasteiger partial charge >= 0.3 is 12.1 Å². The summed E-state index contributed by atoms with van der Waals surface area (Å²) in [7, 11) is 1.70. The summed E-state index contributed by atoms with van der Waals surface area (Å²) >= 11 is 0. The zero-order chi connectivity index (χ0) is 22.3. The van der Waals surface area contributed by atoms with E-state index < -0.39 is 23.7 Å². The van der Waals surface area contributed by atoms with Crippen molar-refractivity contribution in [2.75, 3.05) is 7.05 Å². The van der Waals surface area contributed by atoms with Gasteiger partial charge in [-0.15, -0.1) is 0 Å². The number of amides is 1. The first-order valence-electron chi connectivity index (χ1n) is 10.5. The third-order valence-corrected chi connectivity index (χ3v) is 7.47. The number of aryl methyl sites for hydroxylation is 1. The van der Waals surface area contributed by atoms with Gasteiger partial charge in [0.05, 0.1) is 0 Å². The SMILES string of the molecule is Cc1cc(C(F)(F)C(F)(F)F)n2nc(C(=O)N(C)C34CC5CC(CC(C5)C3)C4)cc2n1. The Balaban J connectivity index is 1.53. The summed E-state index contributed by atoms with van der Waals surface area (Å²) in [4.78, 5) is 19.0. The molecule has 31 heavy (non-hydrogen) atoms. The van der Waals surface area contributed by atoms with Crippen molar-refractivity contribution in [1.29, 1.82) is 0 Å². The molecule has 2 aromatic heterocycles. The topological polar surface area (TPSA) is 50.5 Å². The Bertz CT molecular complexity index is 1020. The molecule has 1 amide bonds. The van der Waals surface area contributed by atoms with Crippen molar-refractivity contribution in [2.24, 2.45) is 17.8 Å². The summed E-state index contributed by atoms with van der Waals surface area (Å²) in [6, 6.07) is 1.85. The number of halogens is 5.